The molecule has 0 aromatic heterocycles. The lowest BCUT2D eigenvalue weighted by atomic mass is 9.93. The number of hydrogen-bond acceptors (Lipinski definition) is 0. The summed E-state index contributed by atoms with van der Waals surface area (Å²) in [5.74, 6) is 4.16. The monoisotopic (exact) mass is 182 g/mol. The van der Waals surface area contributed by atoms with Crippen LogP contribution in [0.4, 0.5) is 0 Å². The zero-order chi connectivity index (χ0) is 9.84. The molecule has 0 radical (unpaired) electrons. The van der Waals surface area contributed by atoms with Crippen molar-refractivity contribution in [2.75, 3.05) is 0 Å². The second-order valence-electron chi connectivity index (χ2n) is 5.10. The first-order chi connectivity index (χ1) is 6.20. The maximum absolute atomic E-state index is 2.45. The molecule has 78 valence electrons. The summed E-state index contributed by atoms with van der Waals surface area (Å²) in [7, 11) is 0. The largest absolute Gasteiger partial charge is 0.0654 e. The minimum Gasteiger partial charge on any atom is -0.0654 e. The van der Waals surface area contributed by atoms with Crippen molar-refractivity contribution in [2.45, 2.75) is 59.8 Å². The zero-order valence-corrected chi connectivity index (χ0v) is 9.84. The van der Waals surface area contributed by atoms with E-state index in [1.807, 2.05) is 0 Å². The van der Waals surface area contributed by atoms with E-state index in [1.54, 1.807) is 0 Å². The van der Waals surface area contributed by atoms with E-state index in [0.29, 0.717) is 0 Å². The van der Waals surface area contributed by atoms with Crippen LogP contribution in [0.3, 0.4) is 0 Å². The Bertz CT molecular complexity index is 123. The number of hydrogen-bond donors (Lipinski definition) is 0. The Labute approximate surface area is 84.1 Å². The Morgan fingerprint density at radius 2 is 1.31 bits per heavy atom. The van der Waals surface area contributed by atoms with Gasteiger partial charge in [0.25, 0.3) is 0 Å². The van der Waals surface area contributed by atoms with Crippen molar-refractivity contribution >= 4 is 0 Å². The van der Waals surface area contributed by atoms with Crippen LogP contribution in [0.5, 0.6) is 0 Å². The van der Waals surface area contributed by atoms with E-state index in [2.05, 4.69) is 27.7 Å². The van der Waals surface area contributed by atoms with Gasteiger partial charge in [-0.3, -0.25) is 0 Å². The van der Waals surface area contributed by atoms with E-state index in [1.165, 1.54) is 32.1 Å². The Morgan fingerprint density at radius 1 is 0.923 bits per heavy atom. The molecule has 0 saturated heterocycles. The van der Waals surface area contributed by atoms with Gasteiger partial charge < -0.3 is 0 Å². The minimum atomic E-state index is 0.995. The molecule has 1 aliphatic carbocycles. The van der Waals surface area contributed by atoms with Crippen LogP contribution >= 0.6 is 0 Å². The first kappa shape index (κ1) is 11.1. The van der Waals surface area contributed by atoms with Crippen molar-refractivity contribution in [1.82, 2.24) is 0 Å². The molecule has 1 saturated carbocycles. The molecule has 0 heterocycles. The highest BCUT2D eigenvalue weighted by molar-refractivity contribution is 4.92. The van der Waals surface area contributed by atoms with Gasteiger partial charge in [-0.2, -0.15) is 0 Å². The fourth-order valence-electron chi connectivity index (χ4n) is 2.88. The zero-order valence-electron chi connectivity index (χ0n) is 9.84. The van der Waals surface area contributed by atoms with Crippen molar-refractivity contribution in [3.05, 3.63) is 0 Å². The first-order valence-corrected chi connectivity index (χ1v) is 6.20. The molecular weight excluding hydrogens is 156 g/mol. The molecule has 4 atom stereocenters. The fraction of sp³-hybridized carbons (Fsp3) is 1.00. The van der Waals surface area contributed by atoms with Gasteiger partial charge in [0, 0.05) is 0 Å². The molecule has 0 spiro atoms. The van der Waals surface area contributed by atoms with Gasteiger partial charge in [-0.15, -0.1) is 0 Å². The van der Waals surface area contributed by atoms with E-state index in [4.69, 9.17) is 0 Å². The average molecular weight is 182 g/mol. The molecule has 13 heavy (non-hydrogen) atoms. The second-order valence-corrected chi connectivity index (χ2v) is 5.10. The van der Waals surface area contributed by atoms with Gasteiger partial charge in [-0.05, 0) is 30.1 Å². The summed E-state index contributed by atoms with van der Waals surface area (Å²) in [4.78, 5) is 0. The van der Waals surface area contributed by atoms with Crippen LogP contribution in [-0.2, 0) is 0 Å². The molecule has 0 aliphatic heterocycles. The van der Waals surface area contributed by atoms with Crippen molar-refractivity contribution in [3.63, 3.8) is 0 Å². The van der Waals surface area contributed by atoms with Gasteiger partial charge in [0.05, 0.1) is 0 Å². The summed E-state index contributed by atoms with van der Waals surface area (Å²) in [6.45, 7) is 9.52. The molecule has 4 unspecified atom stereocenters. The van der Waals surface area contributed by atoms with Crippen LogP contribution in [0, 0.1) is 23.7 Å². The Kier molecular flexibility index (Phi) is 4.28. The molecule has 1 fully saturated rings. The van der Waals surface area contributed by atoms with Crippen LogP contribution in [0.1, 0.15) is 59.8 Å². The molecule has 1 rings (SSSR count). The molecule has 0 N–H and O–H groups in total. The average Bonchev–Trinajstić information content (AvgIpc) is 2.84. The summed E-state index contributed by atoms with van der Waals surface area (Å²) in [5, 5.41) is 0. The fourth-order valence-corrected chi connectivity index (χ4v) is 2.88. The van der Waals surface area contributed by atoms with Crippen molar-refractivity contribution in [3.8, 4) is 0 Å². The third-order valence-electron chi connectivity index (χ3n) is 3.84. The Hall–Kier alpha value is 0. The number of rotatable bonds is 6. The topological polar surface area (TPSA) is 0 Å². The van der Waals surface area contributed by atoms with E-state index in [-0.39, 0.29) is 0 Å². The minimum absolute atomic E-state index is 0.995. The van der Waals surface area contributed by atoms with Gasteiger partial charge in [0.2, 0.25) is 0 Å². The molecule has 0 amide bonds. The van der Waals surface area contributed by atoms with Crippen LogP contribution in [0.25, 0.3) is 0 Å². The smallest absolute Gasteiger partial charge is 0.0355 e. The van der Waals surface area contributed by atoms with E-state index >= 15 is 0 Å². The van der Waals surface area contributed by atoms with Gasteiger partial charge >= 0.3 is 0 Å². The Morgan fingerprint density at radius 3 is 1.62 bits per heavy atom. The molecule has 0 aromatic carbocycles. The molecular formula is C13H26. The highest BCUT2D eigenvalue weighted by Crippen LogP contribution is 2.51. The maximum Gasteiger partial charge on any atom is -0.0355 e. The second kappa shape index (κ2) is 5.02. The van der Waals surface area contributed by atoms with E-state index < -0.39 is 0 Å². The molecule has 0 bridgehead atoms. The van der Waals surface area contributed by atoms with Crippen LogP contribution in [0.15, 0.2) is 0 Å². The maximum atomic E-state index is 2.45. The van der Waals surface area contributed by atoms with Crippen molar-refractivity contribution in [1.29, 1.82) is 0 Å². The lowest BCUT2D eigenvalue weighted by Crippen LogP contribution is -2.04. The normalized spacial score (nSPS) is 31.4. The highest BCUT2D eigenvalue weighted by Gasteiger charge is 2.42. The molecule has 0 nitrogen and oxygen atoms in total. The summed E-state index contributed by atoms with van der Waals surface area (Å²) >= 11 is 0. The first-order valence-electron chi connectivity index (χ1n) is 6.20. The van der Waals surface area contributed by atoms with Crippen LogP contribution in [-0.4, -0.2) is 0 Å². The predicted molar refractivity (Wildman–Crippen MR) is 59.7 cm³/mol. The summed E-state index contributed by atoms with van der Waals surface area (Å²) in [6.07, 6.45) is 7.15. The van der Waals surface area contributed by atoms with Crippen molar-refractivity contribution < 1.29 is 0 Å². The lowest BCUT2D eigenvalue weighted by molar-refractivity contribution is 0.371. The van der Waals surface area contributed by atoms with E-state index in [0.717, 1.165) is 23.7 Å². The van der Waals surface area contributed by atoms with Crippen molar-refractivity contribution in [2.24, 2.45) is 23.7 Å². The van der Waals surface area contributed by atoms with Gasteiger partial charge in [-0.1, -0.05) is 53.4 Å². The molecule has 0 heteroatoms. The SMILES string of the molecule is CCCC(C)C1CC1C(C)CCC. The third kappa shape index (κ3) is 3.00. The predicted octanol–water partition coefficient (Wildman–Crippen LogP) is 4.49. The molecule has 0 aromatic rings. The molecule has 1 aliphatic rings. The Balaban J connectivity index is 2.20. The highest BCUT2D eigenvalue weighted by atomic mass is 14.5. The van der Waals surface area contributed by atoms with Crippen LogP contribution in [0.2, 0.25) is 0 Å². The summed E-state index contributed by atoms with van der Waals surface area (Å²) < 4.78 is 0. The van der Waals surface area contributed by atoms with Gasteiger partial charge in [0.15, 0.2) is 0 Å². The van der Waals surface area contributed by atoms with Gasteiger partial charge in [0.1, 0.15) is 0 Å². The van der Waals surface area contributed by atoms with E-state index in [9.17, 15) is 0 Å². The summed E-state index contributed by atoms with van der Waals surface area (Å²) in [6, 6.07) is 0. The standard InChI is InChI=1S/C13H26/c1-5-7-10(3)12-9-13(12)11(4)8-6-2/h10-13H,5-9H2,1-4H3. The lowest BCUT2D eigenvalue weighted by Gasteiger charge is -2.13. The quantitative estimate of drug-likeness (QED) is 0.567. The summed E-state index contributed by atoms with van der Waals surface area (Å²) in [5.41, 5.74) is 0. The third-order valence-corrected chi connectivity index (χ3v) is 3.84. The van der Waals surface area contributed by atoms with Gasteiger partial charge in [-0.25, -0.2) is 0 Å². The van der Waals surface area contributed by atoms with Crippen LogP contribution < -0.4 is 0 Å².